The van der Waals surface area contributed by atoms with E-state index in [1.165, 1.54) is 6.42 Å². The van der Waals surface area contributed by atoms with Gasteiger partial charge in [0.15, 0.2) is 0 Å². The highest BCUT2D eigenvalue weighted by atomic mass is 14.4. The van der Waals surface area contributed by atoms with Gasteiger partial charge in [-0.2, -0.15) is 5.26 Å². The molecule has 1 rings (SSSR count). The van der Waals surface area contributed by atoms with Crippen LogP contribution >= 0.6 is 0 Å². The van der Waals surface area contributed by atoms with E-state index in [1.807, 2.05) is 13.8 Å². The molecule has 0 amide bonds. The van der Waals surface area contributed by atoms with Crippen LogP contribution in [0.3, 0.4) is 0 Å². The van der Waals surface area contributed by atoms with Crippen LogP contribution in [0.4, 0.5) is 0 Å². The lowest BCUT2D eigenvalue weighted by Crippen LogP contribution is -1.98. The lowest BCUT2D eigenvalue weighted by molar-refractivity contribution is 0.511. The van der Waals surface area contributed by atoms with E-state index < -0.39 is 0 Å². The highest BCUT2D eigenvalue weighted by Crippen LogP contribution is 2.34. The third-order valence-electron chi connectivity index (χ3n) is 2.28. The summed E-state index contributed by atoms with van der Waals surface area (Å²) in [4.78, 5) is 0. The summed E-state index contributed by atoms with van der Waals surface area (Å²) in [7, 11) is 0. The number of hydrogen-bond acceptors (Lipinski definition) is 1. The van der Waals surface area contributed by atoms with E-state index >= 15 is 0 Å². The predicted octanol–water partition coefficient (Wildman–Crippen LogP) is 3.22. The maximum absolute atomic E-state index is 8.60. The SMILES string of the molecule is CC.CC1CC(C)C(C#N)C1. The van der Waals surface area contributed by atoms with Gasteiger partial charge in [0.25, 0.3) is 0 Å². The summed E-state index contributed by atoms with van der Waals surface area (Å²) in [5.74, 6) is 1.77. The minimum absolute atomic E-state index is 0.347. The fourth-order valence-corrected chi connectivity index (χ4v) is 1.74. The first-order valence-corrected chi connectivity index (χ1v) is 4.63. The summed E-state index contributed by atoms with van der Waals surface area (Å²) in [6.45, 7) is 8.41. The molecule has 0 aromatic heterocycles. The second-order valence-corrected chi connectivity index (χ2v) is 3.29. The smallest absolute Gasteiger partial charge is 0.0658 e. The first kappa shape index (κ1) is 10.5. The minimum atomic E-state index is 0.347. The van der Waals surface area contributed by atoms with Gasteiger partial charge < -0.3 is 0 Å². The van der Waals surface area contributed by atoms with Crippen LogP contribution < -0.4 is 0 Å². The average Bonchev–Trinajstić information content (AvgIpc) is 2.33. The molecule has 1 saturated carbocycles. The maximum Gasteiger partial charge on any atom is 0.0658 e. The van der Waals surface area contributed by atoms with E-state index in [2.05, 4.69) is 19.9 Å². The number of nitrogens with zero attached hydrogens (tertiary/aromatic N) is 1. The van der Waals surface area contributed by atoms with Gasteiger partial charge in [-0.05, 0) is 24.7 Å². The zero-order chi connectivity index (χ0) is 8.85. The Morgan fingerprint density at radius 1 is 1.18 bits per heavy atom. The molecule has 0 heterocycles. The van der Waals surface area contributed by atoms with Crippen molar-refractivity contribution in [2.75, 3.05) is 0 Å². The summed E-state index contributed by atoms with van der Waals surface area (Å²) in [6.07, 6.45) is 2.37. The van der Waals surface area contributed by atoms with Crippen molar-refractivity contribution in [3.05, 3.63) is 0 Å². The topological polar surface area (TPSA) is 23.8 Å². The first-order valence-electron chi connectivity index (χ1n) is 4.63. The molecule has 0 saturated heterocycles. The van der Waals surface area contributed by atoms with Crippen molar-refractivity contribution in [2.24, 2.45) is 17.8 Å². The molecule has 0 aromatic carbocycles. The van der Waals surface area contributed by atoms with Crippen LogP contribution in [0.5, 0.6) is 0 Å². The van der Waals surface area contributed by atoms with Crippen molar-refractivity contribution in [1.29, 1.82) is 5.26 Å². The summed E-state index contributed by atoms with van der Waals surface area (Å²) in [5.41, 5.74) is 0. The van der Waals surface area contributed by atoms with Crippen LogP contribution in [0.2, 0.25) is 0 Å². The summed E-state index contributed by atoms with van der Waals surface area (Å²) in [6, 6.07) is 2.34. The van der Waals surface area contributed by atoms with E-state index in [1.54, 1.807) is 0 Å². The van der Waals surface area contributed by atoms with Gasteiger partial charge in [0, 0.05) is 5.92 Å². The van der Waals surface area contributed by atoms with Gasteiger partial charge in [-0.3, -0.25) is 0 Å². The van der Waals surface area contributed by atoms with Crippen LogP contribution in [-0.4, -0.2) is 0 Å². The van der Waals surface area contributed by atoms with Crippen molar-refractivity contribution in [1.82, 2.24) is 0 Å². The van der Waals surface area contributed by atoms with Crippen molar-refractivity contribution in [3.63, 3.8) is 0 Å². The molecule has 0 spiro atoms. The second kappa shape index (κ2) is 5.18. The second-order valence-electron chi connectivity index (χ2n) is 3.29. The summed E-state index contributed by atoms with van der Waals surface area (Å²) in [5, 5.41) is 8.60. The van der Waals surface area contributed by atoms with E-state index in [-0.39, 0.29) is 0 Å². The zero-order valence-electron chi connectivity index (χ0n) is 8.09. The van der Waals surface area contributed by atoms with Gasteiger partial charge in [0.2, 0.25) is 0 Å². The van der Waals surface area contributed by atoms with Crippen LogP contribution in [0.25, 0.3) is 0 Å². The van der Waals surface area contributed by atoms with Gasteiger partial charge >= 0.3 is 0 Å². The Balaban J connectivity index is 0.000000461. The molecule has 1 nitrogen and oxygen atoms in total. The molecule has 11 heavy (non-hydrogen) atoms. The van der Waals surface area contributed by atoms with Gasteiger partial charge in [0.1, 0.15) is 0 Å². The highest BCUT2D eigenvalue weighted by Gasteiger charge is 2.27. The monoisotopic (exact) mass is 153 g/mol. The number of hydrogen-bond donors (Lipinski definition) is 0. The van der Waals surface area contributed by atoms with E-state index in [9.17, 15) is 0 Å². The molecule has 0 aliphatic heterocycles. The molecule has 1 heteroatoms. The molecule has 0 N–H and O–H groups in total. The average molecular weight is 153 g/mol. The third kappa shape index (κ3) is 2.93. The van der Waals surface area contributed by atoms with E-state index in [4.69, 9.17) is 5.26 Å². The highest BCUT2D eigenvalue weighted by molar-refractivity contribution is 4.92. The zero-order valence-corrected chi connectivity index (χ0v) is 8.09. The quantitative estimate of drug-likeness (QED) is 0.524. The first-order chi connectivity index (χ1) is 5.24. The summed E-state index contributed by atoms with van der Waals surface area (Å²) >= 11 is 0. The Kier molecular flexibility index (Phi) is 4.94. The molecule has 0 bridgehead atoms. The summed E-state index contributed by atoms with van der Waals surface area (Å²) < 4.78 is 0. The van der Waals surface area contributed by atoms with E-state index in [0.29, 0.717) is 11.8 Å². The molecule has 1 aliphatic carbocycles. The lowest BCUT2D eigenvalue weighted by Gasteiger charge is -2.02. The molecule has 0 aromatic rings. The number of rotatable bonds is 0. The van der Waals surface area contributed by atoms with Crippen LogP contribution in [-0.2, 0) is 0 Å². The Bertz CT molecular complexity index is 134. The molecule has 64 valence electrons. The molecule has 0 radical (unpaired) electrons. The molecule has 3 unspecified atom stereocenters. The fourth-order valence-electron chi connectivity index (χ4n) is 1.74. The Labute approximate surface area is 70.4 Å². The lowest BCUT2D eigenvalue weighted by atomic mass is 10.0. The largest absolute Gasteiger partial charge is 0.198 e. The van der Waals surface area contributed by atoms with Crippen molar-refractivity contribution >= 4 is 0 Å². The van der Waals surface area contributed by atoms with Crippen LogP contribution in [0.1, 0.15) is 40.5 Å². The number of nitriles is 1. The maximum atomic E-state index is 8.60. The van der Waals surface area contributed by atoms with Gasteiger partial charge in [0.05, 0.1) is 6.07 Å². The van der Waals surface area contributed by atoms with Gasteiger partial charge in [-0.15, -0.1) is 0 Å². The normalized spacial score (nSPS) is 35.4. The van der Waals surface area contributed by atoms with E-state index in [0.717, 1.165) is 12.3 Å². The van der Waals surface area contributed by atoms with Crippen LogP contribution in [0, 0.1) is 29.1 Å². The molecule has 1 aliphatic rings. The molecule has 1 fully saturated rings. The fraction of sp³-hybridized carbons (Fsp3) is 0.900. The van der Waals surface area contributed by atoms with Crippen LogP contribution in [0.15, 0.2) is 0 Å². The predicted molar refractivity (Wildman–Crippen MR) is 48.0 cm³/mol. The molecular weight excluding hydrogens is 134 g/mol. The molecular formula is C10H19N. The standard InChI is InChI=1S/C8H13N.C2H6/c1-6-3-7(2)8(4-6)5-9;1-2/h6-8H,3-4H2,1-2H3;1-2H3. The van der Waals surface area contributed by atoms with Crippen molar-refractivity contribution in [2.45, 2.75) is 40.5 Å². The Morgan fingerprint density at radius 3 is 1.91 bits per heavy atom. The Morgan fingerprint density at radius 2 is 1.73 bits per heavy atom. The van der Waals surface area contributed by atoms with Crippen molar-refractivity contribution < 1.29 is 0 Å². The Hall–Kier alpha value is -0.510. The van der Waals surface area contributed by atoms with Gasteiger partial charge in [-0.25, -0.2) is 0 Å². The third-order valence-corrected chi connectivity index (χ3v) is 2.28. The molecule has 3 atom stereocenters. The minimum Gasteiger partial charge on any atom is -0.198 e. The van der Waals surface area contributed by atoms with Crippen molar-refractivity contribution in [3.8, 4) is 6.07 Å². The van der Waals surface area contributed by atoms with Gasteiger partial charge in [-0.1, -0.05) is 27.7 Å².